The second-order valence-electron chi connectivity index (χ2n) is 6.66. The number of hydrazone groups is 1. The number of nitrogens with one attached hydrogen (secondary N) is 2. The zero-order chi connectivity index (χ0) is 22.9. The Kier molecular flexibility index (Phi) is 7.32. The molecule has 0 radical (unpaired) electrons. The van der Waals surface area contributed by atoms with E-state index >= 15 is 0 Å². The largest absolute Gasteiger partial charge is 0.497 e. The lowest BCUT2D eigenvalue weighted by Crippen LogP contribution is -2.32. The van der Waals surface area contributed by atoms with Gasteiger partial charge in [0, 0.05) is 11.8 Å². The van der Waals surface area contributed by atoms with Crippen molar-refractivity contribution in [3.05, 3.63) is 89.5 Å². The van der Waals surface area contributed by atoms with Gasteiger partial charge in [-0.1, -0.05) is 24.3 Å². The predicted molar refractivity (Wildman–Crippen MR) is 120 cm³/mol. The number of aryl methyl sites for hydroxylation is 1. The molecule has 3 aromatic carbocycles. The highest BCUT2D eigenvalue weighted by molar-refractivity contribution is 6.39. The van der Waals surface area contributed by atoms with Crippen LogP contribution in [0.1, 0.15) is 21.5 Å². The Labute approximate surface area is 184 Å². The fourth-order valence-electron chi connectivity index (χ4n) is 2.69. The van der Waals surface area contributed by atoms with Gasteiger partial charge in [-0.3, -0.25) is 9.59 Å². The highest BCUT2D eigenvalue weighted by atomic mass is 16.5. The van der Waals surface area contributed by atoms with Crippen LogP contribution in [0.5, 0.6) is 11.5 Å². The first-order valence-corrected chi connectivity index (χ1v) is 9.62. The van der Waals surface area contributed by atoms with Crippen LogP contribution in [0.2, 0.25) is 0 Å². The minimum absolute atomic E-state index is 0.372. The van der Waals surface area contributed by atoms with E-state index in [1.807, 2.05) is 19.1 Å². The van der Waals surface area contributed by atoms with E-state index in [2.05, 4.69) is 15.8 Å². The monoisotopic (exact) mass is 431 g/mol. The molecule has 0 aliphatic heterocycles. The van der Waals surface area contributed by atoms with Crippen LogP contribution in [-0.4, -0.2) is 31.1 Å². The van der Waals surface area contributed by atoms with Crippen LogP contribution < -0.4 is 20.2 Å². The zero-order valence-corrected chi connectivity index (χ0v) is 17.5. The van der Waals surface area contributed by atoms with Crippen LogP contribution in [0, 0.1) is 6.92 Å². The van der Waals surface area contributed by atoms with Crippen LogP contribution in [0.15, 0.2) is 77.9 Å². The maximum absolute atomic E-state index is 12.3. The molecule has 0 spiro atoms. The van der Waals surface area contributed by atoms with Crippen molar-refractivity contribution >= 4 is 29.7 Å². The Hall–Kier alpha value is -4.46. The van der Waals surface area contributed by atoms with Crippen molar-refractivity contribution in [3.8, 4) is 11.5 Å². The lowest BCUT2D eigenvalue weighted by atomic mass is 10.1. The van der Waals surface area contributed by atoms with E-state index in [-0.39, 0.29) is 0 Å². The molecule has 3 rings (SSSR count). The number of methoxy groups -OCH3 is 1. The number of ether oxygens (including phenoxy) is 2. The SMILES string of the molecule is COc1cccc(NC(=O)C(=O)N/N=C/c2ccc(OC(=O)c3ccccc3C)cc2)c1. The Balaban J connectivity index is 1.52. The van der Waals surface area contributed by atoms with E-state index < -0.39 is 17.8 Å². The van der Waals surface area contributed by atoms with Crippen LogP contribution in [0.3, 0.4) is 0 Å². The van der Waals surface area contributed by atoms with Gasteiger partial charge in [0.05, 0.1) is 18.9 Å². The first kappa shape index (κ1) is 22.2. The number of hydrogen-bond acceptors (Lipinski definition) is 6. The maximum Gasteiger partial charge on any atom is 0.343 e. The zero-order valence-electron chi connectivity index (χ0n) is 17.5. The number of hydrogen-bond donors (Lipinski definition) is 2. The van der Waals surface area contributed by atoms with Gasteiger partial charge in [0.15, 0.2) is 0 Å². The minimum Gasteiger partial charge on any atom is -0.497 e. The summed E-state index contributed by atoms with van der Waals surface area (Å²) in [4.78, 5) is 36.1. The molecule has 0 saturated carbocycles. The Morgan fingerprint density at radius 1 is 0.875 bits per heavy atom. The van der Waals surface area contributed by atoms with E-state index in [4.69, 9.17) is 9.47 Å². The molecule has 8 nitrogen and oxygen atoms in total. The van der Waals surface area contributed by atoms with Gasteiger partial charge in [-0.25, -0.2) is 10.2 Å². The molecule has 0 heterocycles. The van der Waals surface area contributed by atoms with Gasteiger partial charge in [0.1, 0.15) is 11.5 Å². The molecule has 0 saturated heterocycles. The molecule has 8 heteroatoms. The van der Waals surface area contributed by atoms with Crippen molar-refractivity contribution < 1.29 is 23.9 Å². The number of esters is 1. The molecule has 162 valence electrons. The van der Waals surface area contributed by atoms with Crippen molar-refractivity contribution in [2.45, 2.75) is 6.92 Å². The highest BCUT2D eigenvalue weighted by Gasteiger charge is 2.13. The van der Waals surface area contributed by atoms with E-state index in [1.54, 1.807) is 60.7 Å². The van der Waals surface area contributed by atoms with E-state index in [9.17, 15) is 14.4 Å². The second-order valence-corrected chi connectivity index (χ2v) is 6.66. The Morgan fingerprint density at radius 2 is 1.62 bits per heavy atom. The number of benzene rings is 3. The molecular formula is C24H21N3O5. The Morgan fingerprint density at radius 3 is 2.34 bits per heavy atom. The summed E-state index contributed by atoms with van der Waals surface area (Å²) < 4.78 is 10.4. The molecule has 0 aliphatic rings. The summed E-state index contributed by atoms with van der Waals surface area (Å²) in [5, 5.41) is 6.22. The van der Waals surface area contributed by atoms with Gasteiger partial charge in [0.25, 0.3) is 0 Å². The average molecular weight is 431 g/mol. The number of anilines is 1. The Bertz CT molecular complexity index is 1160. The molecule has 0 atom stereocenters. The number of carbonyl (C=O) groups excluding carboxylic acids is 3. The third-order valence-corrected chi connectivity index (χ3v) is 4.37. The van der Waals surface area contributed by atoms with Gasteiger partial charge in [0.2, 0.25) is 0 Å². The highest BCUT2D eigenvalue weighted by Crippen LogP contribution is 2.17. The standard InChI is InChI=1S/C24H21N3O5/c1-16-6-3-4-9-21(16)24(30)32-19-12-10-17(11-13-19)15-25-27-23(29)22(28)26-18-7-5-8-20(14-18)31-2/h3-15H,1-2H3,(H,26,28)(H,27,29)/b25-15+. The van der Waals surface area contributed by atoms with Crippen molar-refractivity contribution in [2.24, 2.45) is 5.10 Å². The third-order valence-electron chi connectivity index (χ3n) is 4.37. The quantitative estimate of drug-likeness (QED) is 0.205. The summed E-state index contributed by atoms with van der Waals surface area (Å²) in [6.45, 7) is 1.83. The fourth-order valence-corrected chi connectivity index (χ4v) is 2.69. The second kappa shape index (κ2) is 10.5. The molecule has 0 bridgehead atoms. The van der Waals surface area contributed by atoms with Crippen LogP contribution in [0.4, 0.5) is 5.69 Å². The normalized spacial score (nSPS) is 10.4. The average Bonchev–Trinajstić information content (AvgIpc) is 2.80. The minimum atomic E-state index is -0.923. The predicted octanol–water partition coefficient (Wildman–Crippen LogP) is 3.31. The summed E-state index contributed by atoms with van der Waals surface area (Å²) in [6.07, 6.45) is 1.36. The smallest absolute Gasteiger partial charge is 0.343 e. The number of amides is 2. The van der Waals surface area contributed by atoms with Crippen molar-refractivity contribution in [1.29, 1.82) is 0 Å². The molecule has 2 amide bonds. The lowest BCUT2D eigenvalue weighted by Gasteiger charge is -2.07. The van der Waals surface area contributed by atoms with E-state index in [0.717, 1.165) is 5.56 Å². The van der Waals surface area contributed by atoms with Crippen molar-refractivity contribution in [2.75, 3.05) is 12.4 Å². The van der Waals surface area contributed by atoms with Gasteiger partial charge in [-0.05, 0) is 60.5 Å². The molecule has 0 unspecified atom stereocenters. The topological polar surface area (TPSA) is 106 Å². The van der Waals surface area contributed by atoms with Crippen LogP contribution in [0.25, 0.3) is 0 Å². The van der Waals surface area contributed by atoms with Gasteiger partial charge in [-0.2, -0.15) is 5.10 Å². The summed E-state index contributed by atoms with van der Waals surface area (Å²) >= 11 is 0. The summed E-state index contributed by atoms with van der Waals surface area (Å²) in [5.74, 6) is -1.31. The number of rotatable bonds is 6. The maximum atomic E-state index is 12.3. The molecular weight excluding hydrogens is 410 g/mol. The molecule has 0 fully saturated rings. The summed E-state index contributed by atoms with van der Waals surface area (Å²) in [7, 11) is 1.50. The molecule has 0 aliphatic carbocycles. The van der Waals surface area contributed by atoms with E-state index in [0.29, 0.717) is 28.3 Å². The number of nitrogens with zero attached hydrogens (tertiary/aromatic N) is 1. The summed E-state index contributed by atoms with van der Waals surface area (Å²) in [6, 6.07) is 20.3. The molecule has 32 heavy (non-hydrogen) atoms. The third kappa shape index (κ3) is 6.02. The van der Waals surface area contributed by atoms with Gasteiger partial charge in [-0.15, -0.1) is 0 Å². The molecule has 2 N–H and O–H groups in total. The first-order valence-electron chi connectivity index (χ1n) is 9.62. The van der Waals surface area contributed by atoms with Crippen LogP contribution in [-0.2, 0) is 9.59 Å². The van der Waals surface area contributed by atoms with E-state index in [1.165, 1.54) is 13.3 Å². The van der Waals surface area contributed by atoms with Crippen LogP contribution >= 0.6 is 0 Å². The number of carbonyl (C=O) groups is 3. The lowest BCUT2D eigenvalue weighted by molar-refractivity contribution is -0.136. The molecule has 0 aromatic heterocycles. The summed E-state index contributed by atoms with van der Waals surface area (Å²) in [5.41, 5.74) is 4.53. The van der Waals surface area contributed by atoms with Crippen molar-refractivity contribution in [1.82, 2.24) is 5.43 Å². The first-order chi connectivity index (χ1) is 15.5. The van der Waals surface area contributed by atoms with Gasteiger partial charge < -0.3 is 14.8 Å². The van der Waals surface area contributed by atoms with Gasteiger partial charge >= 0.3 is 17.8 Å². The fraction of sp³-hybridized carbons (Fsp3) is 0.0833. The van der Waals surface area contributed by atoms with Crippen molar-refractivity contribution in [3.63, 3.8) is 0 Å². The molecule has 3 aromatic rings.